The van der Waals surface area contributed by atoms with Crippen LogP contribution in [-0.4, -0.2) is 38.7 Å². The smallest absolute Gasteiger partial charge is 0.191 e. The lowest BCUT2D eigenvalue weighted by molar-refractivity contribution is 0.462. The number of guanidine groups is 1. The van der Waals surface area contributed by atoms with Gasteiger partial charge in [0.05, 0.1) is 5.00 Å². The van der Waals surface area contributed by atoms with E-state index < -0.39 is 0 Å². The molecule has 5 heteroatoms. The van der Waals surface area contributed by atoms with Gasteiger partial charge in [-0.3, -0.25) is 4.99 Å². The predicted molar refractivity (Wildman–Crippen MR) is 119 cm³/mol. The van der Waals surface area contributed by atoms with Crippen LogP contribution in [0.2, 0.25) is 0 Å². The average Bonchev–Trinajstić information content (AvgIpc) is 3.18. The van der Waals surface area contributed by atoms with Gasteiger partial charge in [-0.25, -0.2) is 0 Å². The van der Waals surface area contributed by atoms with Gasteiger partial charge in [-0.1, -0.05) is 24.3 Å². The van der Waals surface area contributed by atoms with Crippen molar-refractivity contribution >= 4 is 22.3 Å². The number of thiophene rings is 1. The largest absolute Gasteiger partial charge is 0.363 e. The van der Waals surface area contributed by atoms with Crippen LogP contribution in [0.5, 0.6) is 0 Å². The van der Waals surface area contributed by atoms with E-state index in [1.54, 1.807) is 11.1 Å². The van der Waals surface area contributed by atoms with Crippen molar-refractivity contribution in [3.8, 4) is 0 Å². The van der Waals surface area contributed by atoms with E-state index in [2.05, 4.69) is 62.3 Å². The summed E-state index contributed by atoms with van der Waals surface area (Å²) in [5, 5.41) is 10.9. The lowest BCUT2D eigenvalue weighted by Gasteiger charge is -2.33. The fourth-order valence-corrected chi connectivity index (χ4v) is 6.07. The highest BCUT2D eigenvalue weighted by atomic mass is 32.1. The Bertz CT molecular complexity index is 823. The molecule has 2 heterocycles. The van der Waals surface area contributed by atoms with Gasteiger partial charge in [-0.2, -0.15) is 0 Å². The first-order valence-electron chi connectivity index (χ1n) is 10.7. The zero-order valence-electron chi connectivity index (χ0n) is 16.6. The number of hydrogen-bond acceptors (Lipinski definition) is 3. The second-order valence-corrected chi connectivity index (χ2v) is 9.33. The molecule has 1 aromatic carbocycles. The molecule has 2 N–H and O–H groups in total. The minimum atomic E-state index is 0.518. The molecule has 0 bridgehead atoms. The summed E-state index contributed by atoms with van der Waals surface area (Å²) in [4.78, 5) is 7.00. The minimum absolute atomic E-state index is 0.518. The Morgan fingerprint density at radius 1 is 1.14 bits per heavy atom. The maximum Gasteiger partial charge on any atom is 0.191 e. The summed E-state index contributed by atoms with van der Waals surface area (Å²) in [6.07, 6.45) is 4.94. The SMILES string of the molecule is CN=C(NCC1C2CCc3ccccc3C21)NC1CCN(c2cccs2)CC1. The van der Waals surface area contributed by atoms with Crippen molar-refractivity contribution in [3.05, 3.63) is 52.9 Å². The highest BCUT2D eigenvalue weighted by molar-refractivity contribution is 7.14. The highest BCUT2D eigenvalue weighted by Gasteiger charge is 2.52. The Morgan fingerprint density at radius 3 is 2.79 bits per heavy atom. The van der Waals surface area contributed by atoms with Crippen LogP contribution >= 0.6 is 11.3 Å². The third-order valence-corrected chi connectivity index (χ3v) is 7.80. The lowest BCUT2D eigenvalue weighted by Crippen LogP contribution is -2.49. The molecule has 1 saturated heterocycles. The van der Waals surface area contributed by atoms with Crippen LogP contribution in [0, 0.1) is 11.8 Å². The second kappa shape index (κ2) is 7.78. The molecule has 148 valence electrons. The van der Waals surface area contributed by atoms with Crippen molar-refractivity contribution in [2.75, 3.05) is 31.6 Å². The Balaban J connectivity index is 1.11. The first kappa shape index (κ1) is 18.0. The quantitative estimate of drug-likeness (QED) is 0.611. The molecular weight excluding hydrogens is 364 g/mol. The summed E-state index contributed by atoms with van der Waals surface area (Å²) in [5.41, 5.74) is 3.18. The van der Waals surface area contributed by atoms with E-state index >= 15 is 0 Å². The van der Waals surface area contributed by atoms with E-state index in [-0.39, 0.29) is 0 Å². The van der Waals surface area contributed by atoms with Crippen LogP contribution in [0.1, 0.15) is 36.3 Å². The van der Waals surface area contributed by atoms with Crippen LogP contribution in [0.4, 0.5) is 5.00 Å². The van der Waals surface area contributed by atoms with Crippen molar-refractivity contribution in [1.29, 1.82) is 0 Å². The number of aliphatic imine (C=N–C) groups is 1. The molecule has 2 aromatic rings. The maximum absolute atomic E-state index is 4.50. The molecule has 5 rings (SSSR count). The number of piperidine rings is 1. The molecule has 3 atom stereocenters. The highest BCUT2D eigenvalue weighted by Crippen LogP contribution is 2.59. The summed E-state index contributed by atoms with van der Waals surface area (Å²) < 4.78 is 0. The first-order valence-corrected chi connectivity index (χ1v) is 11.5. The fraction of sp³-hybridized carbons (Fsp3) is 0.522. The van der Waals surface area contributed by atoms with Crippen LogP contribution in [0.25, 0.3) is 0 Å². The minimum Gasteiger partial charge on any atom is -0.363 e. The topological polar surface area (TPSA) is 39.7 Å². The second-order valence-electron chi connectivity index (χ2n) is 8.40. The van der Waals surface area contributed by atoms with Crippen LogP contribution < -0.4 is 15.5 Å². The van der Waals surface area contributed by atoms with E-state index in [0.717, 1.165) is 43.3 Å². The molecule has 28 heavy (non-hydrogen) atoms. The number of aryl methyl sites for hydroxylation is 1. The monoisotopic (exact) mass is 394 g/mol. The molecule has 0 amide bonds. The lowest BCUT2D eigenvalue weighted by atomic mass is 9.92. The number of rotatable bonds is 4. The van der Waals surface area contributed by atoms with E-state index in [1.807, 2.05) is 18.4 Å². The van der Waals surface area contributed by atoms with E-state index in [9.17, 15) is 0 Å². The number of nitrogens with zero attached hydrogens (tertiary/aromatic N) is 2. The Labute approximate surface area is 172 Å². The molecule has 4 nitrogen and oxygen atoms in total. The number of nitrogens with one attached hydrogen (secondary N) is 2. The third-order valence-electron chi connectivity index (χ3n) is 6.88. The predicted octanol–water partition coefficient (Wildman–Crippen LogP) is 3.86. The molecule has 3 aliphatic rings. The van der Waals surface area contributed by atoms with Crippen LogP contribution in [0.3, 0.4) is 0 Å². The Hall–Kier alpha value is -2.01. The number of benzene rings is 1. The van der Waals surface area contributed by atoms with Crippen LogP contribution in [-0.2, 0) is 6.42 Å². The van der Waals surface area contributed by atoms with Gasteiger partial charge >= 0.3 is 0 Å². The number of fused-ring (bicyclic) bond motifs is 3. The van der Waals surface area contributed by atoms with Crippen molar-refractivity contribution < 1.29 is 0 Å². The summed E-state index contributed by atoms with van der Waals surface area (Å²) in [7, 11) is 1.89. The number of anilines is 1. The molecule has 1 aromatic heterocycles. The first-order chi connectivity index (χ1) is 13.8. The van der Waals surface area contributed by atoms with E-state index in [1.165, 1.54) is 30.7 Å². The standard InChI is InChI=1S/C23H30N4S/c1-24-23(26-17-10-12-27(13-11-17)21-7-4-14-28-21)25-15-20-19-9-8-16-5-2-3-6-18(16)22(19)20/h2-7,14,17,19-20,22H,8-13,15H2,1H3,(H2,24,25,26). The van der Waals surface area contributed by atoms with E-state index in [0.29, 0.717) is 6.04 Å². The Kier molecular flexibility index (Phi) is 5.02. The van der Waals surface area contributed by atoms with Gasteiger partial charge in [0.25, 0.3) is 0 Å². The molecule has 0 radical (unpaired) electrons. The van der Waals surface area contributed by atoms with Gasteiger partial charge < -0.3 is 15.5 Å². The van der Waals surface area contributed by atoms with Gasteiger partial charge in [-0.15, -0.1) is 11.3 Å². The maximum atomic E-state index is 4.50. The summed E-state index contributed by atoms with van der Waals surface area (Å²) in [6, 6.07) is 13.9. The molecule has 3 unspecified atom stereocenters. The van der Waals surface area contributed by atoms with Gasteiger partial charge in [0, 0.05) is 32.7 Å². The van der Waals surface area contributed by atoms with Gasteiger partial charge in [0.1, 0.15) is 0 Å². The summed E-state index contributed by atoms with van der Waals surface area (Å²) in [5.74, 6) is 3.38. The van der Waals surface area contributed by atoms with Crippen molar-refractivity contribution in [2.45, 2.75) is 37.6 Å². The van der Waals surface area contributed by atoms with E-state index in [4.69, 9.17) is 0 Å². The molecule has 1 aliphatic heterocycles. The third kappa shape index (κ3) is 3.52. The molecule has 0 spiro atoms. The molecule has 2 fully saturated rings. The zero-order chi connectivity index (χ0) is 18.9. The van der Waals surface area contributed by atoms with Gasteiger partial charge in [0.2, 0.25) is 0 Å². The summed E-state index contributed by atoms with van der Waals surface area (Å²) >= 11 is 1.84. The van der Waals surface area contributed by atoms with Crippen molar-refractivity contribution in [2.24, 2.45) is 16.8 Å². The zero-order valence-corrected chi connectivity index (χ0v) is 17.4. The van der Waals surface area contributed by atoms with Gasteiger partial charge in [-0.05, 0) is 72.1 Å². The molecule has 1 saturated carbocycles. The summed E-state index contributed by atoms with van der Waals surface area (Å²) in [6.45, 7) is 3.29. The Morgan fingerprint density at radius 2 is 2.00 bits per heavy atom. The number of hydrogen-bond donors (Lipinski definition) is 2. The van der Waals surface area contributed by atoms with Crippen molar-refractivity contribution in [3.63, 3.8) is 0 Å². The normalized spacial score (nSPS) is 27.1. The van der Waals surface area contributed by atoms with Crippen LogP contribution in [0.15, 0.2) is 46.8 Å². The fourth-order valence-electron chi connectivity index (χ4n) is 5.28. The van der Waals surface area contributed by atoms with Crippen molar-refractivity contribution in [1.82, 2.24) is 10.6 Å². The van der Waals surface area contributed by atoms with Gasteiger partial charge in [0.15, 0.2) is 5.96 Å². The molecule has 2 aliphatic carbocycles. The average molecular weight is 395 g/mol. The molecular formula is C23H30N4S.